The number of carbonyl (C=O) groups is 8. The summed E-state index contributed by atoms with van der Waals surface area (Å²) in [5, 5.41) is 8.68. The van der Waals surface area contributed by atoms with E-state index in [4.69, 9.17) is 31.5 Å². The summed E-state index contributed by atoms with van der Waals surface area (Å²) in [6, 6.07) is 4.78. The summed E-state index contributed by atoms with van der Waals surface area (Å²) in [5.41, 5.74) is 0.173. The zero-order valence-corrected chi connectivity index (χ0v) is 38.7. The maximum Gasteiger partial charge on any atom is 0.378 e. The molecule has 0 aliphatic carbocycles. The third-order valence-corrected chi connectivity index (χ3v) is 10.4. The minimum Gasteiger partial charge on any atom is -0.542 e. The average molecular weight is 911 g/mol. The van der Waals surface area contributed by atoms with Gasteiger partial charge in [-0.2, -0.15) is 5.06 Å². The molecule has 4 amide bonds. The first-order valence-electron chi connectivity index (χ1n) is 22.7. The molecule has 0 fully saturated rings. The Morgan fingerprint density at radius 1 is 0.754 bits per heavy atom. The number of unbranched alkanes of at least 4 members (excludes halogenated alkanes) is 4. The van der Waals surface area contributed by atoms with Crippen molar-refractivity contribution in [3.8, 4) is 17.1 Å². The molecule has 0 spiro atoms. The van der Waals surface area contributed by atoms with Gasteiger partial charge in [-0.3, -0.25) is 28.8 Å². The highest BCUT2D eigenvalue weighted by Gasteiger charge is 2.35. The van der Waals surface area contributed by atoms with Gasteiger partial charge in [-0.05, 0) is 62.8 Å². The van der Waals surface area contributed by atoms with Crippen LogP contribution in [0.15, 0.2) is 34.7 Å². The van der Waals surface area contributed by atoms with Crippen LogP contribution in [0.3, 0.4) is 0 Å². The first-order chi connectivity index (χ1) is 31.3. The number of nitrogens with zero attached hydrogens (tertiary/aromatic N) is 1. The lowest BCUT2D eigenvalue weighted by Crippen LogP contribution is -2.49. The monoisotopic (exact) mass is 910 g/mol. The highest BCUT2D eigenvalue weighted by molar-refractivity contribution is 6.08. The van der Waals surface area contributed by atoms with Crippen LogP contribution in [0.2, 0.25) is 0 Å². The fraction of sp³-hybridized carbons (Fsp3) is 0.609. The molecule has 19 heteroatoms. The molecule has 0 unspecified atom stereocenters. The van der Waals surface area contributed by atoms with Crippen molar-refractivity contribution in [3.63, 3.8) is 0 Å². The van der Waals surface area contributed by atoms with Crippen LogP contribution in [0.1, 0.15) is 152 Å². The summed E-state index contributed by atoms with van der Waals surface area (Å²) in [6.07, 6.45) is 8.56. The van der Waals surface area contributed by atoms with Crippen molar-refractivity contribution in [1.29, 1.82) is 0 Å². The van der Waals surface area contributed by atoms with E-state index in [1.165, 1.54) is 30.3 Å². The molecule has 3 N–H and O–H groups in total. The lowest BCUT2D eigenvalue weighted by Gasteiger charge is -2.32. The van der Waals surface area contributed by atoms with Gasteiger partial charge in [0.05, 0.1) is 49.7 Å². The third kappa shape index (κ3) is 19.0. The summed E-state index contributed by atoms with van der Waals surface area (Å²) < 4.78 is 26.2. The molecule has 65 heavy (non-hydrogen) atoms. The predicted molar refractivity (Wildman–Crippen MR) is 239 cm³/mol. The van der Waals surface area contributed by atoms with E-state index in [2.05, 4.69) is 20.6 Å². The number of carbonyl (C=O) groups excluding carboxylic acids is 8. The second kappa shape index (κ2) is 31.1. The van der Waals surface area contributed by atoms with E-state index >= 15 is 0 Å². The van der Waals surface area contributed by atoms with E-state index in [1.807, 2.05) is 34.6 Å². The van der Waals surface area contributed by atoms with Crippen LogP contribution in [0.4, 0.5) is 0 Å². The normalized spacial score (nSPS) is 12.2. The Balaban J connectivity index is 2.28. The number of nitrogens with one attached hydrogen (secondary N) is 3. The number of amides is 4. The van der Waals surface area contributed by atoms with Crippen LogP contribution in [0.25, 0.3) is 11.3 Å². The number of benzene rings is 1. The Hall–Kier alpha value is -5.88. The van der Waals surface area contributed by atoms with Crippen molar-refractivity contribution < 1.29 is 66.5 Å². The van der Waals surface area contributed by atoms with Gasteiger partial charge in [-0.15, -0.1) is 0 Å². The van der Waals surface area contributed by atoms with E-state index in [0.29, 0.717) is 56.9 Å². The van der Waals surface area contributed by atoms with Crippen molar-refractivity contribution in [2.75, 3.05) is 26.5 Å². The molecule has 0 aliphatic heterocycles. The molecule has 0 saturated heterocycles. The largest absolute Gasteiger partial charge is 0.542 e. The van der Waals surface area contributed by atoms with E-state index in [9.17, 15) is 38.4 Å². The van der Waals surface area contributed by atoms with Gasteiger partial charge in [0.15, 0.2) is 12.4 Å². The van der Waals surface area contributed by atoms with Crippen LogP contribution in [0, 0.1) is 11.8 Å². The topological polar surface area (TPSA) is 235 Å². The molecule has 2 radical (unpaired) electrons. The second-order valence-corrected chi connectivity index (χ2v) is 15.4. The first kappa shape index (κ1) is 55.3. The molecule has 2 rings (SSSR count). The number of hydroxylamine groups is 2. The van der Waals surface area contributed by atoms with E-state index in [1.54, 1.807) is 6.92 Å². The molecule has 1 heterocycles. The summed E-state index contributed by atoms with van der Waals surface area (Å²) in [6.45, 7) is 11.0. The Kier molecular flexibility index (Phi) is 26.4. The number of rotatable bonds is 33. The van der Waals surface area contributed by atoms with E-state index in [-0.39, 0.29) is 48.6 Å². The van der Waals surface area contributed by atoms with Crippen LogP contribution in [0.5, 0.6) is 5.75 Å². The minimum atomic E-state index is -1.52. The van der Waals surface area contributed by atoms with Gasteiger partial charge in [0.1, 0.15) is 17.6 Å². The average Bonchev–Trinajstić information content (AvgIpc) is 3.80. The molecule has 2 aromatic rings. The van der Waals surface area contributed by atoms with Crippen LogP contribution >= 0.6 is 0 Å². The molecule has 0 aliphatic rings. The number of furan rings is 1. The van der Waals surface area contributed by atoms with Gasteiger partial charge in [-0.1, -0.05) is 92.6 Å². The zero-order valence-electron chi connectivity index (χ0n) is 38.7. The Bertz CT molecular complexity index is 1830. The summed E-state index contributed by atoms with van der Waals surface area (Å²) in [7, 11) is 5.08. The number of hydrogen-bond acceptors (Lipinski definition) is 14. The second-order valence-electron chi connectivity index (χ2n) is 15.4. The summed E-state index contributed by atoms with van der Waals surface area (Å²) in [4.78, 5) is 109. The maximum absolute atomic E-state index is 13.7. The standard InChI is InChI=1S/C46H67BN4O14/c1-7-13-16-19-33(36(12-6)51(30-52)65-45(58)31(17-10-4)18-11-5)42(55)48-29-49-44(57)38-23-22-37(63-38)32-20-21-34(39(26-32)62-28-41(54)61-25-15-9-3)43(56)50-35(46(59)64-47)27-40(53)60-24-14-8-2/h20-23,26,30-31,33,35-36H,7-19,24-25,27-29H2,1-6H3,(H,48,55)(H,49,57)(H,50,56)/t33-,35+,36-/m1/s1. The maximum atomic E-state index is 13.7. The highest BCUT2D eigenvalue weighted by atomic mass is 16.7. The lowest BCUT2D eigenvalue weighted by molar-refractivity contribution is -0.208. The molecular weight excluding hydrogens is 843 g/mol. The van der Waals surface area contributed by atoms with Gasteiger partial charge in [0.25, 0.3) is 11.8 Å². The zero-order chi connectivity index (χ0) is 48.1. The molecule has 0 saturated carbocycles. The molecular formula is C46H67BN4O14. The summed E-state index contributed by atoms with van der Waals surface area (Å²) >= 11 is 0. The molecule has 18 nitrogen and oxygen atoms in total. The lowest BCUT2D eigenvalue weighted by atomic mass is 9.90. The first-order valence-corrected chi connectivity index (χ1v) is 22.7. The highest BCUT2D eigenvalue weighted by Crippen LogP contribution is 2.30. The number of ether oxygens (including phenoxy) is 3. The SMILES string of the molecule is [B]OC(=O)[C@H](CC(=O)OCCCC)NC(=O)c1ccc(-c2ccc(C(=O)NCNC(=O)[C@H](CCCCC)[C@@H](CC)N(C=O)OC(=O)C(CCC)CCC)o2)cc1OCC(=O)OCCCC. The minimum absolute atomic E-state index is 0.121. The van der Waals surface area contributed by atoms with Crippen molar-refractivity contribution in [2.45, 2.75) is 144 Å². The van der Waals surface area contributed by atoms with Crippen molar-refractivity contribution in [2.24, 2.45) is 11.8 Å². The Labute approximate surface area is 383 Å². The van der Waals surface area contributed by atoms with Crippen LogP contribution < -0.4 is 20.7 Å². The van der Waals surface area contributed by atoms with Gasteiger partial charge < -0.3 is 44.1 Å². The van der Waals surface area contributed by atoms with Gasteiger partial charge >= 0.3 is 31.9 Å². The van der Waals surface area contributed by atoms with Gasteiger partial charge in [-0.25, -0.2) is 9.59 Å². The Morgan fingerprint density at radius 3 is 2.02 bits per heavy atom. The van der Waals surface area contributed by atoms with Crippen LogP contribution in [-0.4, -0.2) is 99.7 Å². The van der Waals surface area contributed by atoms with E-state index in [0.717, 1.165) is 43.6 Å². The van der Waals surface area contributed by atoms with Gasteiger partial charge in [0.2, 0.25) is 12.3 Å². The van der Waals surface area contributed by atoms with Crippen LogP contribution in [-0.2, 0) is 47.7 Å². The fourth-order valence-electron chi connectivity index (χ4n) is 6.78. The summed E-state index contributed by atoms with van der Waals surface area (Å²) in [5.74, 6) is -6.32. The predicted octanol–water partition coefficient (Wildman–Crippen LogP) is 6.04. The van der Waals surface area contributed by atoms with E-state index < -0.39 is 72.6 Å². The van der Waals surface area contributed by atoms with Crippen molar-refractivity contribution in [3.05, 3.63) is 41.7 Å². The molecule has 1 aromatic heterocycles. The molecule has 358 valence electrons. The molecule has 0 bridgehead atoms. The molecule has 3 atom stereocenters. The van der Waals surface area contributed by atoms with Crippen molar-refractivity contribution >= 4 is 56.1 Å². The number of hydrogen-bond donors (Lipinski definition) is 3. The quantitative estimate of drug-likeness (QED) is 0.0185. The van der Waals surface area contributed by atoms with Gasteiger partial charge in [0, 0.05) is 5.56 Å². The Morgan fingerprint density at radius 2 is 1.42 bits per heavy atom. The smallest absolute Gasteiger partial charge is 0.378 e. The van der Waals surface area contributed by atoms with Crippen molar-refractivity contribution in [1.82, 2.24) is 21.0 Å². The number of esters is 2. The third-order valence-electron chi connectivity index (χ3n) is 10.4. The molecule has 1 aromatic carbocycles. The fourth-order valence-corrected chi connectivity index (χ4v) is 6.78.